The molecule has 2 aromatic rings. The zero-order valence-corrected chi connectivity index (χ0v) is 11.7. The monoisotopic (exact) mass is 324 g/mol. The molecule has 2 aromatic carbocycles. The number of rotatable bonds is 1. The molecule has 0 aliphatic heterocycles. The number of halogens is 4. The Bertz CT molecular complexity index is 761. The van der Waals surface area contributed by atoms with Crippen LogP contribution < -0.4 is 0 Å². The lowest BCUT2D eigenvalue weighted by Gasteiger charge is -2.12. The number of hydrogen-bond acceptors (Lipinski definition) is 2. The average Bonchev–Trinajstić information content (AvgIpc) is 2.70. The summed E-state index contributed by atoms with van der Waals surface area (Å²) in [6.45, 7) is 0. The number of carbonyl (C=O) groups is 2. The van der Waals surface area contributed by atoms with Gasteiger partial charge in [0.25, 0.3) is 0 Å². The number of hydrogen-bond donors (Lipinski definition) is 0. The first-order valence-corrected chi connectivity index (χ1v) is 6.72. The van der Waals surface area contributed by atoms with Crippen LogP contribution in [0.25, 0.3) is 0 Å². The van der Waals surface area contributed by atoms with E-state index in [1.54, 1.807) is 12.1 Å². The average molecular weight is 325 g/mol. The normalized spacial score (nSPS) is 15.3. The molecule has 6 heteroatoms. The Balaban J connectivity index is 2.05. The third-order valence-corrected chi connectivity index (χ3v) is 3.93. The maximum absolute atomic E-state index is 12.7. The van der Waals surface area contributed by atoms with Gasteiger partial charge in [0.05, 0.1) is 10.6 Å². The van der Waals surface area contributed by atoms with E-state index in [9.17, 15) is 22.8 Å². The zero-order chi connectivity index (χ0) is 16.1. The van der Waals surface area contributed by atoms with Gasteiger partial charge in [-0.05, 0) is 17.7 Å². The zero-order valence-electron chi connectivity index (χ0n) is 10.9. The van der Waals surface area contributed by atoms with Crippen LogP contribution in [0.4, 0.5) is 13.2 Å². The Morgan fingerprint density at radius 3 is 1.91 bits per heavy atom. The van der Waals surface area contributed by atoms with E-state index in [1.165, 1.54) is 12.1 Å². The second-order valence-electron chi connectivity index (χ2n) is 4.94. The van der Waals surface area contributed by atoms with Crippen molar-refractivity contribution in [2.24, 2.45) is 0 Å². The summed E-state index contributed by atoms with van der Waals surface area (Å²) in [7, 11) is 0. The molecule has 2 nitrogen and oxygen atoms in total. The number of Topliss-reactive ketones (excluding diaryl/α,β-unsaturated/α-hetero) is 2. The van der Waals surface area contributed by atoms with Gasteiger partial charge in [-0.15, -0.1) is 0 Å². The third kappa shape index (κ3) is 2.22. The molecule has 1 aliphatic rings. The van der Waals surface area contributed by atoms with Crippen molar-refractivity contribution in [3.05, 3.63) is 69.7 Å². The molecule has 0 amide bonds. The van der Waals surface area contributed by atoms with Gasteiger partial charge in [-0.1, -0.05) is 41.9 Å². The van der Waals surface area contributed by atoms with Crippen molar-refractivity contribution >= 4 is 23.2 Å². The van der Waals surface area contributed by atoms with Crippen LogP contribution in [0.3, 0.4) is 0 Å². The first kappa shape index (κ1) is 14.8. The molecule has 0 bridgehead atoms. The second-order valence-corrected chi connectivity index (χ2v) is 5.35. The molecule has 0 saturated carbocycles. The quantitative estimate of drug-likeness (QED) is 0.723. The van der Waals surface area contributed by atoms with Crippen molar-refractivity contribution in [1.82, 2.24) is 0 Å². The Morgan fingerprint density at radius 1 is 0.909 bits per heavy atom. The third-order valence-electron chi connectivity index (χ3n) is 3.61. The largest absolute Gasteiger partial charge is 0.417 e. The summed E-state index contributed by atoms with van der Waals surface area (Å²) in [5.41, 5.74) is -0.250. The second kappa shape index (κ2) is 4.95. The summed E-state index contributed by atoms with van der Waals surface area (Å²) in [4.78, 5) is 24.6. The van der Waals surface area contributed by atoms with Crippen LogP contribution >= 0.6 is 11.6 Å². The predicted molar refractivity (Wildman–Crippen MR) is 74.3 cm³/mol. The lowest BCUT2D eigenvalue weighted by Crippen LogP contribution is -2.14. The van der Waals surface area contributed by atoms with Gasteiger partial charge in [0.1, 0.15) is 5.92 Å². The Kier molecular flexibility index (Phi) is 3.33. The van der Waals surface area contributed by atoms with E-state index in [1.807, 2.05) is 0 Å². The molecule has 0 spiro atoms. The highest BCUT2D eigenvalue weighted by Crippen LogP contribution is 2.39. The highest BCUT2D eigenvalue weighted by atomic mass is 35.5. The van der Waals surface area contributed by atoms with Crippen LogP contribution in [0.15, 0.2) is 42.5 Å². The summed E-state index contributed by atoms with van der Waals surface area (Å²) in [6, 6.07) is 9.28. The summed E-state index contributed by atoms with van der Waals surface area (Å²) in [6.07, 6.45) is -4.58. The minimum Gasteiger partial charge on any atom is -0.293 e. The molecule has 0 radical (unpaired) electrons. The lowest BCUT2D eigenvalue weighted by molar-refractivity contribution is -0.137. The van der Waals surface area contributed by atoms with Crippen LogP contribution in [0.2, 0.25) is 5.02 Å². The van der Waals surface area contributed by atoms with Gasteiger partial charge in [-0.25, -0.2) is 0 Å². The molecular weight excluding hydrogens is 317 g/mol. The minimum atomic E-state index is -4.58. The van der Waals surface area contributed by atoms with E-state index < -0.39 is 34.2 Å². The van der Waals surface area contributed by atoms with Crippen LogP contribution in [0, 0.1) is 0 Å². The van der Waals surface area contributed by atoms with Crippen LogP contribution in [0.1, 0.15) is 37.8 Å². The van der Waals surface area contributed by atoms with Crippen molar-refractivity contribution in [1.29, 1.82) is 0 Å². The first-order valence-electron chi connectivity index (χ1n) is 6.35. The van der Waals surface area contributed by atoms with Crippen molar-refractivity contribution in [3.8, 4) is 0 Å². The minimum absolute atomic E-state index is 0.171. The molecule has 0 unspecified atom stereocenters. The van der Waals surface area contributed by atoms with Gasteiger partial charge in [-0.2, -0.15) is 13.2 Å². The van der Waals surface area contributed by atoms with Gasteiger partial charge in [0, 0.05) is 11.1 Å². The fourth-order valence-corrected chi connectivity index (χ4v) is 2.88. The molecular formula is C16H8ClF3O2. The maximum atomic E-state index is 12.7. The molecule has 3 rings (SSSR count). The molecule has 0 saturated heterocycles. The molecule has 1 aliphatic carbocycles. The number of benzene rings is 2. The summed E-state index contributed by atoms with van der Waals surface area (Å²) in [5, 5.41) is -0.526. The Labute approximate surface area is 128 Å². The Hall–Kier alpha value is -2.14. The molecule has 22 heavy (non-hydrogen) atoms. The molecule has 0 N–H and O–H groups in total. The van der Waals surface area contributed by atoms with E-state index in [0.29, 0.717) is 0 Å². The molecule has 112 valence electrons. The topological polar surface area (TPSA) is 34.1 Å². The van der Waals surface area contributed by atoms with Gasteiger partial charge >= 0.3 is 6.18 Å². The first-order chi connectivity index (χ1) is 10.3. The van der Waals surface area contributed by atoms with E-state index in [4.69, 9.17) is 11.6 Å². The highest BCUT2D eigenvalue weighted by molar-refractivity contribution is 6.32. The van der Waals surface area contributed by atoms with Crippen molar-refractivity contribution in [2.45, 2.75) is 12.1 Å². The van der Waals surface area contributed by atoms with E-state index in [0.717, 1.165) is 18.2 Å². The van der Waals surface area contributed by atoms with Gasteiger partial charge in [-0.3, -0.25) is 9.59 Å². The van der Waals surface area contributed by atoms with Crippen molar-refractivity contribution in [3.63, 3.8) is 0 Å². The fraction of sp³-hybridized carbons (Fsp3) is 0.125. The summed E-state index contributed by atoms with van der Waals surface area (Å²) < 4.78 is 38.1. The van der Waals surface area contributed by atoms with Crippen LogP contribution in [0.5, 0.6) is 0 Å². The molecule has 0 fully saturated rings. The van der Waals surface area contributed by atoms with E-state index >= 15 is 0 Å². The summed E-state index contributed by atoms with van der Waals surface area (Å²) in [5.74, 6) is -1.97. The number of alkyl halides is 3. The predicted octanol–water partition coefficient (Wildman–Crippen LogP) is 4.52. The number of ketones is 2. The van der Waals surface area contributed by atoms with Crippen molar-refractivity contribution < 1.29 is 22.8 Å². The highest BCUT2D eigenvalue weighted by Gasteiger charge is 2.40. The maximum Gasteiger partial charge on any atom is 0.417 e. The summed E-state index contributed by atoms with van der Waals surface area (Å²) >= 11 is 5.66. The standard InChI is InChI=1S/C16H8ClF3O2/c17-12-7-8(5-6-11(12)16(18,19)20)13-14(21)9-3-1-2-4-10(9)15(13)22/h1-7,13H. The van der Waals surface area contributed by atoms with E-state index in [-0.39, 0.29) is 16.7 Å². The molecule has 0 atom stereocenters. The van der Waals surface area contributed by atoms with Crippen LogP contribution in [-0.2, 0) is 6.18 Å². The molecule has 0 aromatic heterocycles. The Morgan fingerprint density at radius 2 is 1.45 bits per heavy atom. The van der Waals surface area contributed by atoms with Gasteiger partial charge in [0.15, 0.2) is 11.6 Å². The SMILES string of the molecule is O=C1c2ccccc2C(=O)C1c1ccc(C(F)(F)F)c(Cl)c1. The van der Waals surface area contributed by atoms with Gasteiger partial charge < -0.3 is 0 Å². The van der Waals surface area contributed by atoms with Crippen molar-refractivity contribution in [2.75, 3.05) is 0 Å². The lowest BCUT2D eigenvalue weighted by atomic mass is 9.93. The molecule has 0 heterocycles. The number of carbonyl (C=O) groups excluding carboxylic acids is 2. The number of fused-ring (bicyclic) bond motifs is 1. The van der Waals surface area contributed by atoms with Gasteiger partial charge in [0.2, 0.25) is 0 Å². The fourth-order valence-electron chi connectivity index (χ4n) is 2.59. The van der Waals surface area contributed by atoms with E-state index in [2.05, 4.69) is 0 Å². The smallest absolute Gasteiger partial charge is 0.293 e. The van der Waals surface area contributed by atoms with Crippen LogP contribution in [-0.4, -0.2) is 11.6 Å².